The van der Waals surface area contributed by atoms with Crippen LogP contribution in [0.4, 0.5) is 0 Å². The smallest absolute Gasteiger partial charge is 0.00153 e. The Kier molecular flexibility index (Phi) is 2.97. The number of benzene rings is 1. The zero-order valence-corrected chi connectivity index (χ0v) is 11.0. The van der Waals surface area contributed by atoms with E-state index in [1.165, 1.54) is 33.4 Å². The summed E-state index contributed by atoms with van der Waals surface area (Å²) < 4.78 is 0. The Morgan fingerprint density at radius 1 is 0.947 bits per heavy atom. The van der Waals surface area contributed by atoms with Gasteiger partial charge in [0, 0.05) is 5.57 Å². The Balaban J connectivity index is 2.24. The summed E-state index contributed by atoms with van der Waals surface area (Å²) in [7, 11) is 0. The minimum Gasteiger partial charge on any atom is -0.125 e. The Bertz CT molecular complexity index is 697. The predicted molar refractivity (Wildman–Crippen MR) is 81.6 cm³/mol. The minimum absolute atomic E-state index is 0.920. The molecule has 0 nitrogen and oxygen atoms in total. The summed E-state index contributed by atoms with van der Waals surface area (Å²) in [5, 5.41) is 0. The van der Waals surface area contributed by atoms with Gasteiger partial charge in [0.1, 0.15) is 0 Å². The molecule has 0 unspecified atom stereocenters. The molecule has 2 aliphatic rings. The number of rotatable bonds is 0. The Hall–Kier alpha value is -2.26. The highest BCUT2D eigenvalue weighted by Crippen LogP contribution is 2.41. The van der Waals surface area contributed by atoms with Gasteiger partial charge in [-0.3, -0.25) is 0 Å². The summed E-state index contributed by atoms with van der Waals surface area (Å²) >= 11 is 0. The minimum atomic E-state index is 0.920. The second-order valence-corrected chi connectivity index (χ2v) is 4.89. The van der Waals surface area contributed by atoms with Crippen LogP contribution in [0.1, 0.15) is 30.4 Å². The van der Waals surface area contributed by atoms with Gasteiger partial charge in [-0.15, -0.1) is 11.5 Å². The molecule has 0 radical (unpaired) electrons. The Morgan fingerprint density at radius 3 is 2.47 bits per heavy atom. The van der Waals surface area contributed by atoms with Crippen molar-refractivity contribution in [2.45, 2.75) is 19.3 Å². The zero-order chi connectivity index (χ0) is 13.2. The fourth-order valence-electron chi connectivity index (χ4n) is 2.86. The Morgan fingerprint density at radius 2 is 1.74 bits per heavy atom. The van der Waals surface area contributed by atoms with Crippen LogP contribution in [0.25, 0.3) is 11.1 Å². The summed E-state index contributed by atoms with van der Waals surface area (Å²) in [5.41, 5.74) is 13.9. The van der Waals surface area contributed by atoms with Crippen molar-refractivity contribution < 1.29 is 0 Å². The molecule has 19 heavy (non-hydrogen) atoms. The van der Waals surface area contributed by atoms with Crippen LogP contribution >= 0.6 is 0 Å². The third kappa shape index (κ3) is 1.98. The van der Waals surface area contributed by atoms with Crippen LogP contribution in [0.5, 0.6) is 0 Å². The summed E-state index contributed by atoms with van der Waals surface area (Å²) in [6, 6.07) is 8.55. The van der Waals surface area contributed by atoms with Crippen molar-refractivity contribution in [2.75, 3.05) is 0 Å². The number of allylic oxidation sites excluding steroid dienone is 6. The van der Waals surface area contributed by atoms with Crippen molar-refractivity contribution in [2.24, 2.45) is 0 Å². The van der Waals surface area contributed by atoms with Crippen molar-refractivity contribution >= 4 is 11.1 Å². The van der Waals surface area contributed by atoms with Gasteiger partial charge in [0.05, 0.1) is 0 Å². The molecule has 0 heterocycles. The summed E-state index contributed by atoms with van der Waals surface area (Å²) in [5.74, 6) is 0. The summed E-state index contributed by atoms with van der Waals surface area (Å²) in [6.07, 6.45) is 7.49. The van der Waals surface area contributed by atoms with Crippen molar-refractivity contribution in [3.05, 3.63) is 83.3 Å². The largest absolute Gasteiger partial charge is 0.125 e. The molecule has 0 saturated carbocycles. The monoisotopic (exact) mass is 244 g/mol. The van der Waals surface area contributed by atoms with Crippen molar-refractivity contribution in [1.29, 1.82) is 0 Å². The fraction of sp³-hybridized carbons (Fsp3) is 0.158. The highest BCUT2D eigenvalue weighted by atomic mass is 14.2. The lowest BCUT2D eigenvalue weighted by molar-refractivity contribution is 1.03. The van der Waals surface area contributed by atoms with Crippen LogP contribution in [0.15, 0.2) is 72.2 Å². The van der Waals surface area contributed by atoms with Crippen LogP contribution in [0.2, 0.25) is 0 Å². The van der Waals surface area contributed by atoms with E-state index in [9.17, 15) is 0 Å². The van der Waals surface area contributed by atoms with Gasteiger partial charge in [-0.2, -0.15) is 0 Å². The van der Waals surface area contributed by atoms with Crippen LogP contribution in [-0.2, 0) is 0 Å². The quantitative estimate of drug-likeness (QED) is 0.559. The molecule has 92 valence electrons. The lowest BCUT2D eigenvalue weighted by Gasteiger charge is -2.16. The van der Waals surface area contributed by atoms with Crippen molar-refractivity contribution in [3.63, 3.8) is 0 Å². The fourth-order valence-corrected chi connectivity index (χ4v) is 2.86. The summed E-state index contributed by atoms with van der Waals surface area (Å²) in [4.78, 5) is 0. The van der Waals surface area contributed by atoms with Gasteiger partial charge < -0.3 is 0 Å². The van der Waals surface area contributed by atoms with E-state index in [1.54, 1.807) is 0 Å². The van der Waals surface area contributed by atoms with E-state index in [2.05, 4.69) is 61.0 Å². The molecule has 0 saturated heterocycles. The van der Waals surface area contributed by atoms with E-state index in [4.69, 9.17) is 0 Å². The van der Waals surface area contributed by atoms with Gasteiger partial charge in [0.15, 0.2) is 0 Å². The molecule has 0 aliphatic heterocycles. The molecule has 1 aromatic rings. The molecular formula is C19H16. The third-order valence-corrected chi connectivity index (χ3v) is 3.85. The van der Waals surface area contributed by atoms with E-state index in [1.807, 2.05) is 0 Å². The molecular weight excluding hydrogens is 228 g/mol. The molecule has 0 atom stereocenters. The van der Waals surface area contributed by atoms with Crippen LogP contribution < -0.4 is 0 Å². The molecule has 0 amide bonds. The molecule has 0 aromatic heterocycles. The highest BCUT2D eigenvalue weighted by Gasteiger charge is 2.21. The standard InChI is InChI=1S/C19H16/c1-3-14-9-12-18-16(13-14)11-10-15(4-2)17-7-5-6-8-19(17)18/h5-8,12-13H,1-2,9-11H2. The summed E-state index contributed by atoms with van der Waals surface area (Å²) in [6.45, 7) is 7.60. The molecule has 0 spiro atoms. The first-order valence-electron chi connectivity index (χ1n) is 6.62. The Labute approximate surface area is 114 Å². The number of fused-ring (bicyclic) bond motifs is 3. The normalized spacial score (nSPS) is 17.3. The molecule has 0 bridgehead atoms. The SMILES string of the molecule is C=C=C1C=C2CCC(=C=C)c3ccccc3C2=CC1. The lowest BCUT2D eigenvalue weighted by atomic mass is 9.88. The van der Waals surface area contributed by atoms with Crippen LogP contribution in [0, 0.1) is 0 Å². The van der Waals surface area contributed by atoms with Gasteiger partial charge >= 0.3 is 0 Å². The first kappa shape index (κ1) is 11.8. The highest BCUT2D eigenvalue weighted by molar-refractivity contribution is 5.90. The van der Waals surface area contributed by atoms with Gasteiger partial charge in [-0.05, 0) is 53.2 Å². The number of hydrogen-bond donors (Lipinski definition) is 0. The van der Waals surface area contributed by atoms with Crippen LogP contribution in [0.3, 0.4) is 0 Å². The van der Waals surface area contributed by atoms with E-state index in [-0.39, 0.29) is 0 Å². The molecule has 1 aromatic carbocycles. The van der Waals surface area contributed by atoms with Gasteiger partial charge in [0.2, 0.25) is 0 Å². The average Bonchev–Trinajstić information content (AvgIpc) is 2.63. The maximum atomic E-state index is 3.84. The number of hydrogen-bond acceptors (Lipinski definition) is 0. The van der Waals surface area contributed by atoms with Gasteiger partial charge in [0.25, 0.3) is 0 Å². The van der Waals surface area contributed by atoms with Gasteiger partial charge in [-0.25, -0.2) is 0 Å². The zero-order valence-electron chi connectivity index (χ0n) is 11.0. The van der Waals surface area contributed by atoms with Gasteiger partial charge in [-0.1, -0.05) is 43.5 Å². The molecule has 0 heteroatoms. The molecule has 0 fully saturated rings. The molecule has 2 aliphatic carbocycles. The average molecular weight is 244 g/mol. The van der Waals surface area contributed by atoms with Crippen molar-refractivity contribution in [3.8, 4) is 0 Å². The van der Waals surface area contributed by atoms with E-state index < -0.39 is 0 Å². The maximum absolute atomic E-state index is 3.84. The predicted octanol–water partition coefficient (Wildman–Crippen LogP) is 5.07. The van der Waals surface area contributed by atoms with Crippen LogP contribution in [-0.4, -0.2) is 0 Å². The first-order chi connectivity index (χ1) is 9.33. The maximum Gasteiger partial charge on any atom is 0.00153 e. The van der Waals surface area contributed by atoms with E-state index >= 15 is 0 Å². The second kappa shape index (κ2) is 4.78. The topological polar surface area (TPSA) is 0 Å². The van der Waals surface area contributed by atoms with E-state index in [0.717, 1.165) is 19.3 Å². The second-order valence-electron chi connectivity index (χ2n) is 4.89. The third-order valence-electron chi connectivity index (χ3n) is 3.85. The van der Waals surface area contributed by atoms with E-state index in [0.29, 0.717) is 0 Å². The lowest BCUT2D eigenvalue weighted by Crippen LogP contribution is -1.96. The molecule has 3 rings (SSSR count). The molecule has 0 N–H and O–H groups in total. The van der Waals surface area contributed by atoms with Crippen molar-refractivity contribution in [1.82, 2.24) is 0 Å². The first-order valence-corrected chi connectivity index (χ1v) is 6.62.